The van der Waals surface area contributed by atoms with Crippen LogP contribution in [0, 0.1) is 12.8 Å². The zero-order valence-electron chi connectivity index (χ0n) is 27.5. The van der Waals surface area contributed by atoms with Crippen LogP contribution in [0.2, 0.25) is 0 Å². The van der Waals surface area contributed by atoms with E-state index in [-0.39, 0.29) is 30.5 Å². The molecular formula is C36H37F6N5O2. The van der Waals surface area contributed by atoms with E-state index in [0.717, 1.165) is 22.5 Å². The first-order valence-corrected chi connectivity index (χ1v) is 15.8. The highest BCUT2D eigenvalue weighted by molar-refractivity contribution is 5.99. The average molecular weight is 686 g/mol. The van der Waals surface area contributed by atoms with Gasteiger partial charge in [0.2, 0.25) is 0 Å². The normalized spacial score (nSPS) is 14.5. The van der Waals surface area contributed by atoms with E-state index in [1.807, 2.05) is 76.2 Å². The van der Waals surface area contributed by atoms with Crippen molar-refractivity contribution in [2.24, 2.45) is 5.92 Å². The lowest BCUT2D eigenvalue weighted by Crippen LogP contribution is -2.39. The van der Waals surface area contributed by atoms with Gasteiger partial charge in [-0.05, 0) is 80.1 Å². The van der Waals surface area contributed by atoms with Gasteiger partial charge in [0.15, 0.2) is 0 Å². The van der Waals surface area contributed by atoms with Gasteiger partial charge in [-0.15, -0.1) is 0 Å². The SMILES string of the molecule is Cc1ccc(-n2nc(C(C)(C)C)cc2NC(=O)Nc2cccc(CC3CCN(C(=O)c4cc(C(F)(F)F)cc(C(F)(F)F)c4)CC3)c2)cc1. The summed E-state index contributed by atoms with van der Waals surface area (Å²) in [6, 6.07) is 17.4. The molecule has 0 saturated carbocycles. The van der Waals surface area contributed by atoms with Crippen molar-refractivity contribution >= 4 is 23.4 Å². The summed E-state index contributed by atoms with van der Waals surface area (Å²) in [5, 5.41) is 10.5. The molecule has 0 radical (unpaired) electrons. The molecule has 1 saturated heterocycles. The zero-order chi connectivity index (χ0) is 35.7. The molecule has 1 aromatic heterocycles. The van der Waals surface area contributed by atoms with Crippen LogP contribution in [0.15, 0.2) is 72.8 Å². The molecule has 0 atom stereocenters. The number of hydrogen-bond donors (Lipinski definition) is 2. The van der Waals surface area contributed by atoms with Crippen LogP contribution >= 0.6 is 0 Å². The summed E-state index contributed by atoms with van der Waals surface area (Å²) in [5.41, 5.74) is 0.246. The number of urea groups is 1. The van der Waals surface area contributed by atoms with Gasteiger partial charge in [0.25, 0.3) is 5.91 Å². The van der Waals surface area contributed by atoms with E-state index in [2.05, 4.69) is 10.6 Å². The Bertz CT molecular complexity index is 1780. The standard InChI is InChI=1S/C36H37F6N5O2/c1-22-8-10-29(11-9-22)47-31(21-30(45-47)34(2,3)4)44-33(49)43-28-7-5-6-24(17-28)16-23-12-14-46(15-13-23)32(48)25-18-26(35(37,38)39)20-27(19-25)36(40,41)42/h5-11,17-21,23H,12-16H2,1-4H3,(H2,43,44,49). The Labute approximate surface area is 280 Å². The number of carbonyl (C=O) groups is 2. The molecular weight excluding hydrogens is 648 g/mol. The second-order valence-electron chi connectivity index (χ2n) is 13.4. The molecule has 13 heteroatoms. The summed E-state index contributed by atoms with van der Waals surface area (Å²) in [6.45, 7) is 8.47. The number of amides is 3. The Kier molecular flexibility index (Phi) is 9.85. The molecule has 2 heterocycles. The number of piperidine rings is 1. The molecule has 0 bridgehead atoms. The Hall–Kier alpha value is -4.81. The van der Waals surface area contributed by atoms with Crippen LogP contribution in [0.4, 0.5) is 42.6 Å². The van der Waals surface area contributed by atoms with Gasteiger partial charge in [-0.1, -0.05) is 50.6 Å². The minimum Gasteiger partial charge on any atom is -0.339 e. The summed E-state index contributed by atoms with van der Waals surface area (Å²) in [7, 11) is 0. The van der Waals surface area contributed by atoms with Gasteiger partial charge in [0.1, 0.15) is 5.82 Å². The zero-order valence-corrected chi connectivity index (χ0v) is 27.5. The molecule has 4 aromatic rings. The Morgan fingerprint density at radius 1 is 0.816 bits per heavy atom. The van der Waals surface area contributed by atoms with Crippen molar-refractivity contribution in [3.63, 3.8) is 0 Å². The van der Waals surface area contributed by atoms with Gasteiger partial charge in [-0.2, -0.15) is 31.4 Å². The third-order valence-corrected chi connectivity index (χ3v) is 8.44. The van der Waals surface area contributed by atoms with E-state index in [1.165, 1.54) is 4.90 Å². The lowest BCUT2D eigenvalue weighted by atomic mass is 9.89. The van der Waals surface area contributed by atoms with E-state index in [1.54, 1.807) is 10.7 Å². The third-order valence-electron chi connectivity index (χ3n) is 8.44. The fourth-order valence-electron chi connectivity index (χ4n) is 5.71. The molecule has 3 aromatic carbocycles. The van der Waals surface area contributed by atoms with Crippen molar-refractivity contribution in [1.82, 2.24) is 14.7 Å². The maximum atomic E-state index is 13.3. The van der Waals surface area contributed by atoms with Crippen LogP contribution in [0.25, 0.3) is 5.69 Å². The number of halogens is 6. The topological polar surface area (TPSA) is 79.3 Å². The summed E-state index contributed by atoms with van der Waals surface area (Å²) in [5.74, 6) is -0.255. The van der Waals surface area contributed by atoms with E-state index in [4.69, 9.17) is 5.10 Å². The molecule has 5 rings (SSSR count). The molecule has 1 aliphatic rings. The number of rotatable bonds is 6. The van der Waals surface area contributed by atoms with Crippen molar-refractivity contribution in [3.8, 4) is 5.69 Å². The minimum absolute atomic E-state index is 0.0128. The predicted octanol–water partition coefficient (Wildman–Crippen LogP) is 9.25. The van der Waals surface area contributed by atoms with E-state index in [9.17, 15) is 35.9 Å². The Morgan fingerprint density at radius 3 is 2.00 bits per heavy atom. The maximum Gasteiger partial charge on any atom is 0.416 e. The first-order valence-electron chi connectivity index (χ1n) is 15.8. The number of nitrogens with zero attached hydrogens (tertiary/aromatic N) is 3. The van der Waals surface area contributed by atoms with Crippen LogP contribution in [0.5, 0.6) is 0 Å². The molecule has 7 nitrogen and oxygen atoms in total. The monoisotopic (exact) mass is 685 g/mol. The van der Waals surface area contributed by atoms with E-state index < -0.39 is 41.0 Å². The van der Waals surface area contributed by atoms with Crippen molar-refractivity contribution in [2.75, 3.05) is 23.7 Å². The highest BCUT2D eigenvalue weighted by atomic mass is 19.4. The third kappa shape index (κ3) is 8.81. The number of aromatic nitrogens is 2. The minimum atomic E-state index is -5.03. The average Bonchev–Trinajstić information content (AvgIpc) is 3.45. The van der Waals surface area contributed by atoms with Crippen LogP contribution < -0.4 is 10.6 Å². The van der Waals surface area contributed by atoms with Gasteiger partial charge in [0, 0.05) is 35.8 Å². The number of benzene rings is 3. The molecule has 1 aliphatic heterocycles. The quantitative estimate of drug-likeness (QED) is 0.199. The Morgan fingerprint density at radius 2 is 1.43 bits per heavy atom. The molecule has 3 amide bonds. The number of anilines is 2. The summed E-state index contributed by atoms with van der Waals surface area (Å²) >= 11 is 0. The molecule has 2 N–H and O–H groups in total. The fourth-order valence-corrected chi connectivity index (χ4v) is 5.71. The Balaban J connectivity index is 1.21. The number of alkyl halides is 6. The highest BCUT2D eigenvalue weighted by Crippen LogP contribution is 2.37. The van der Waals surface area contributed by atoms with Crippen LogP contribution in [-0.4, -0.2) is 39.7 Å². The number of aryl methyl sites for hydroxylation is 1. The number of carbonyl (C=O) groups excluding carboxylic acids is 2. The summed E-state index contributed by atoms with van der Waals surface area (Å²) in [4.78, 5) is 27.4. The van der Waals surface area contributed by atoms with Gasteiger partial charge in [-0.25, -0.2) is 9.48 Å². The first kappa shape index (κ1) is 35.5. The molecule has 1 fully saturated rings. The number of hydrogen-bond acceptors (Lipinski definition) is 3. The second kappa shape index (κ2) is 13.6. The largest absolute Gasteiger partial charge is 0.416 e. The van der Waals surface area contributed by atoms with E-state index >= 15 is 0 Å². The van der Waals surface area contributed by atoms with Gasteiger partial charge < -0.3 is 10.2 Å². The van der Waals surface area contributed by atoms with Gasteiger partial charge in [0.05, 0.1) is 22.5 Å². The van der Waals surface area contributed by atoms with Crippen molar-refractivity contribution in [3.05, 3.63) is 106 Å². The van der Waals surface area contributed by atoms with Crippen molar-refractivity contribution in [1.29, 1.82) is 0 Å². The van der Waals surface area contributed by atoms with Gasteiger partial charge >= 0.3 is 18.4 Å². The summed E-state index contributed by atoms with van der Waals surface area (Å²) in [6.07, 6.45) is -8.45. The first-order chi connectivity index (χ1) is 22.9. The lowest BCUT2D eigenvalue weighted by Gasteiger charge is -2.32. The molecule has 0 spiro atoms. The molecule has 0 unspecified atom stereocenters. The van der Waals surface area contributed by atoms with Crippen LogP contribution in [0.3, 0.4) is 0 Å². The maximum absolute atomic E-state index is 13.3. The lowest BCUT2D eigenvalue weighted by molar-refractivity contribution is -0.143. The number of likely N-dealkylation sites (tertiary alicyclic amines) is 1. The van der Waals surface area contributed by atoms with Crippen molar-refractivity contribution in [2.45, 2.75) is 64.7 Å². The molecule has 49 heavy (non-hydrogen) atoms. The van der Waals surface area contributed by atoms with Gasteiger partial charge in [-0.3, -0.25) is 10.1 Å². The second-order valence-corrected chi connectivity index (χ2v) is 13.4. The molecule has 260 valence electrons. The summed E-state index contributed by atoms with van der Waals surface area (Å²) < 4.78 is 81.5. The van der Waals surface area contributed by atoms with Crippen LogP contribution in [0.1, 0.15) is 71.9 Å². The van der Waals surface area contributed by atoms with Crippen LogP contribution in [-0.2, 0) is 24.2 Å². The fraction of sp³-hybridized carbons (Fsp3) is 0.361. The van der Waals surface area contributed by atoms with Crippen molar-refractivity contribution < 1.29 is 35.9 Å². The van der Waals surface area contributed by atoms with E-state index in [0.29, 0.717) is 42.9 Å². The number of nitrogens with one attached hydrogen (secondary N) is 2. The smallest absolute Gasteiger partial charge is 0.339 e. The molecule has 0 aliphatic carbocycles. The predicted molar refractivity (Wildman–Crippen MR) is 175 cm³/mol. The highest BCUT2D eigenvalue weighted by Gasteiger charge is 2.38.